The molecule has 0 aliphatic heterocycles. The predicted molar refractivity (Wildman–Crippen MR) is 77.2 cm³/mol. The molecule has 0 radical (unpaired) electrons. The molecule has 0 aliphatic carbocycles. The van der Waals surface area contributed by atoms with Crippen LogP contribution < -0.4 is 16.2 Å². The van der Waals surface area contributed by atoms with Crippen molar-refractivity contribution in [3.8, 4) is 5.75 Å². The van der Waals surface area contributed by atoms with E-state index in [0.29, 0.717) is 17.1 Å². The van der Waals surface area contributed by atoms with Gasteiger partial charge >= 0.3 is 0 Å². The second-order valence-corrected chi connectivity index (χ2v) is 4.17. The predicted octanol–water partition coefficient (Wildman–Crippen LogP) is 3.58. The van der Waals surface area contributed by atoms with Gasteiger partial charge in [0.15, 0.2) is 0 Å². The van der Waals surface area contributed by atoms with Crippen LogP contribution >= 0.6 is 0 Å². The van der Waals surface area contributed by atoms with E-state index in [4.69, 9.17) is 16.2 Å². The van der Waals surface area contributed by atoms with Crippen LogP contribution in [0.1, 0.15) is 5.56 Å². The van der Waals surface area contributed by atoms with E-state index in [9.17, 15) is 0 Å². The van der Waals surface area contributed by atoms with Crippen molar-refractivity contribution in [2.24, 2.45) is 10.2 Å². The molecule has 0 spiro atoms. The average Bonchev–Trinajstić information content (AvgIpc) is 2.40. The normalized spacial score (nSPS) is 10.8. The molecule has 0 amide bonds. The highest BCUT2D eigenvalue weighted by molar-refractivity contribution is 5.63. The molecule has 0 heterocycles. The van der Waals surface area contributed by atoms with E-state index in [1.807, 2.05) is 25.1 Å². The Hall–Kier alpha value is -2.56. The van der Waals surface area contributed by atoms with Crippen LogP contribution in [0.2, 0.25) is 0 Å². The topological polar surface area (TPSA) is 86.0 Å². The molecule has 5 nitrogen and oxygen atoms in total. The van der Waals surface area contributed by atoms with Crippen LogP contribution in [0.4, 0.5) is 22.7 Å². The molecule has 0 aromatic heterocycles. The summed E-state index contributed by atoms with van der Waals surface area (Å²) in [6.45, 7) is 1.92. The van der Waals surface area contributed by atoms with Gasteiger partial charge in [0.05, 0.1) is 24.2 Å². The molecule has 0 bridgehead atoms. The fourth-order valence-corrected chi connectivity index (χ4v) is 1.64. The smallest absolute Gasteiger partial charge is 0.143 e. The fourth-order valence-electron chi connectivity index (χ4n) is 1.64. The minimum absolute atomic E-state index is 0.589. The van der Waals surface area contributed by atoms with Gasteiger partial charge in [-0.2, -0.15) is 10.2 Å². The summed E-state index contributed by atoms with van der Waals surface area (Å²) in [7, 11) is 1.57. The van der Waals surface area contributed by atoms with Gasteiger partial charge in [0.2, 0.25) is 0 Å². The number of nitrogens with two attached hydrogens (primary N) is 2. The summed E-state index contributed by atoms with van der Waals surface area (Å²) in [6, 6.07) is 10.8. The van der Waals surface area contributed by atoms with Crippen molar-refractivity contribution in [3.05, 3.63) is 42.0 Å². The van der Waals surface area contributed by atoms with Crippen LogP contribution in [0.3, 0.4) is 0 Å². The maximum absolute atomic E-state index is 5.81. The summed E-state index contributed by atoms with van der Waals surface area (Å²) >= 11 is 0. The van der Waals surface area contributed by atoms with E-state index in [0.717, 1.165) is 16.9 Å². The highest BCUT2D eigenvalue weighted by Gasteiger charge is 2.04. The third kappa shape index (κ3) is 3.01. The van der Waals surface area contributed by atoms with Crippen LogP contribution in [0, 0.1) is 6.92 Å². The number of methoxy groups -OCH3 is 1. The van der Waals surface area contributed by atoms with Gasteiger partial charge in [0, 0.05) is 11.8 Å². The SMILES string of the molecule is COc1cc(/N=N/c2ccc(N)cc2)c(C)cc1N. The van der Waals surface area contributed by atoms with Crippen molar-refractivity contribution < 1.29 is 4.74 Å². The Kier molecular flexibility index (Phi) is 3.66. The van der Waals surface area contributed by atoms with Gasteiger partial charge in [-0.3, -0.25) is 0 Å². The van der Waals surface area contributed by atoms with Gasteiger partial charge in [0.1, 0.15) is 5.75 Å². The molecule has 0 aliphatic rings. The molecular formula is C14H16N4O. The lowest BCUT2D eigenvalue weighted by Gasteiger charge is -2.07. The zero-order chi connectivity index (χ0) is 13.8. The van der Waals surface area contributed by atoms with Crippen molar-refractivity contribution in [1.82, 2.24) is 0 Å². The Morgan fingerprint density at radius 3 is 2.32 bits per heavy atom. The number of benzene rings is 2. The number of nitrogen functional groups attached to an aromatic ring is 2. The van der Waals surface area contributed by atoms with E-state index in [-0.39, 0.29) is 0 Å². The van der Waals surface area contributed by atoms with Crippen molar-refractivity contribution >= 4 is 22.7 Å². The Balaban J connectivity index is 2.30. The molecular weight excluding hydrogens is 240 g/mol. The summed E-state index contributed by atoms with van der Waals surface area (Å²) in [5.74, 6) is 0.594. The van der Waals surface area contributed by atoms with Crippen LogP contribution in [0.15, 0.2) is 46.6 Å². The number of azo groups is 1. The lowest BCUT2D eigenvalue weighted by molar-refractivity contribution is 0.417. The molecule has 0 fully saturated rings. The highest BCUT2D eigenvalue weighted by Crippen LogP contribution is 2.31. The average molecular weight is 256 g/mol. The number of ether oxygens (including phenoxy) is 1. The first-order valence-electron chi connectivity index (χ1n) is 5.81. The van der Waals surface area contributed by atoms with E-state index < -0.39 is 0 Å². The van der Waals surface area contributed by atoms with Crippen molar-refractivity contribution in [2.75, 3.05) is 18.6 Å². The van der Waals surface area contributed by atoms with Crippen molar-refractivity contribution in [1.29, 1.82) is 0 Å². The van der Waals surface area contributed by atoms with Gasteiger partial charge < -0.3 is 16.2 Å². The molecule has 5 heteroatoms. The van der Waals surface area contributed by atoms with E-state index in [1.54, 1.807) is 25.3 Å². The first-order chi connectivity index (χ1) is 9.10. The maximum atomic E-state index is 5.81. The molecule has 2 rings (SSSR count). The number of hydrogen-bond donors (Lipinski definition) is 2. The Bertz CT molecular complexity index is 606. The minimum atomic E-state index is 0.589. The first-order valence-corrected chi connectivity index (χ1v) is 5.81. The van der Waals surface area contributed by atoms with Gasteiger partial charge in [0.25, 0.3) is 0 Å². The number of aryl methyl sites for hydroxylation is 1. The third-order valence-corrected chi connectivity index (χ3v) is 2.71. The van der Waals surface area contributed by atoms with E-state index >= 15 is 0 Å². The van der Waals surface area contributed by atoms with Crippen LogP contribution in [-0.2, 0) is 0 Å². The lowest BCUT2D eigenvalue weighted by Crippen LogP contribution is -1.92. The zero-order valence-corrected chi connectivity index (χ0v) is 10.9. The monoisotopic (exact) mass is 256 g/mol. The van der Waals surface area contributed by atoms with Crippen LogP contribution in [-0.4, -0.2) is 7.11 Å². The maximum Gasteiger partial charge on any atom is 0.143 e. The van der Waals surface area contributed by atoms with Gasteiger partial charge in [-0.1, -0.05) is 0 Å². The molecule has 0 saturated heterocycles. The standard InChI is InChI=1S/C14H16N4O/c1-9-7-12(16)14(19-2)8-13(9)18-17-11-5-3-10(15)4-6-11/h3-8H,15-16H2,1-2H3/b18-17+. The largest absolute Gasteiger partial charge is 0.495 e. The molecule has 0 saturated carbocycles. The second kappa shape index (κ2) is 5.39. The summed E-state index contributed by atoms with van der Waals surface area (Å²) in [4.78, 5) is 0. The quantitative estimate of drug-likeness (QED) is 0.650. The summed E-state index contributed by atoms with van der Waals surface area (Å²) < 4.78 is 5.17. The molecule has 98 valence electrons. The Labute approximate surface area is 111 Å². The first kappa shape index (κ1) is 12.9. The number of anilines is 2. The highest BCUT2D eigenvalue weighted by atomic mass is 16.5. The van der Waals surface area contributed by atoms with Gasteiger partial charge in [-0.05, 0) is 42.8 Å². The number of hydrogen-bond acceptors (Lipinski definition) is 5. The summed E-state index contributed by atoms with van der Waals surface area (Å²) in [5, 5.41) is 8.36. The molecule has 19 heavy (non-hydrogen) atoms. The van der Waals surface area contributed by atoms with Crippen LogP contribution in [0.5, 0.6) is 5.75 Å². The summed E-state index contributed by atoms with van der Waals surface area (Å²) in [5.41, 5.74) is 15.1. The van der Waals surface area contributed by atoms with Crippen LogP contribution in [0.25, 0.3) is 0 Å². The molecule has 0 atom stereocenters. The summed E-state index contributed by atoms with van der Waals surface area (Å²) in [6.07, 6.45) is 0. The third-order valence-electron chi connectivity index (χ3n) is 2.71. The number of nitrogens with zero attached hydrogens (tertiary/aromatic N) is 2. The zero-order valence-electron chi connectivity index (χ0n) is 10.9. The van der Waals surface area contributed by atoms with Crippen molar-refractivity contribution in [3.63, 3.8) is 0 Å². The van der Waals surface area contributed by atoms with Gasteiger partial charge in [-0.15, -0.1) is 0 Å². The van der Waals surface area contributed by atoms with E-state index in [1.165, 1.54) is 0 Å². The van der Waals surface area contributed by atoms with E-state index in [2.05, 4.69) is 10.2 Å². The second-order valence-electron chi connectivity index (χ2n) is 4.17. The minimum Gasteiger partial charge on any atom is -0.495 e. The lowest BCUT2D eigenvalue weighted by atomic mass is 10.1. The Morgan fingerprint density at radius 1 is 1.00 bits per heavy atom. The van der Waals surface area contributed by atoms with Crippen molar-refractivity contribution in [2.45, 2.75) is 6.92 Å². The molecule has 2 aromatic carbocycles. The Morgan fingerprint density at radius 2 is 1.68 bits per heavy atom. The molecule has 2 aromatic rings. The van der Waals surface area contributed by atoms with Gasteiger partial charge in [-0.25, -0.2) is 0 Å². The molecule has 0 unspecified atom stereocenters. The molecule has 4 N–H and O–H groups in total. The fraction of sp³-hybridized carbons (Fsp3) is 0.143. The number of rotatable bonds is 3.